The van der Waals surface area contributed by atoms with Gasteiger partial charge in [0, 0.05) is 19.8 Å². The van der Waals surface area contributed by atoms with E-state index in [0.29, 0.717) is 19.8 Å². The maximum absolute atomic E-state index is 12.2. The second kappa shape index (κ2) is 6.74. The number of carboxylic acid groups (broad SMARTS) is 1. The molecule has 116 valence electrons. The van der Waals surface area contributed by atoms with Gasteiger partial charge in [-0.25, -0.2) is 17.9 Å². The SMILES string of the molecule is O=C(O)c1cc(S(=O)(=O)NCC2CCOCC2)ccc1Cl. The summed E-state index contributed by atoms with van der Waals surface area (Å²) in [5.74, 6) is -1.03. The van der Waals surface area contributed by atoms with Crippen LogP contribution in [0.3, 0.4) is 0 Å². The molecule has 1 aliphatic rings. The summed E-state index contributed by atoms with van der Waals surface area (Å²) < 4.78 is 32.1. The van der Waals surface area contributed by atoms with Crippen LogP contribution in [0.5, 0.6) is 0 Å². The minimum Gasteiger partial charge on any atom is -0.478 e. The van der Waals surface area contributed by atoms with E-state index in [9.17, 15) is 13.2 Å². The molecule has 1 aliphatic heterocycles. The molecule has 1 saturated heterocycles. The molecule has 1 aromatic carbocycles. The van der Waals surface area contributed by atoms with Crippen LogP contribution in [-0.4, -0.2) is 39.3 Å². The number of carboxylic acids is 1. The molecule has 2 N–H and O–H groups in total. The number of ether oxygens (including phenoxy) is 1. The first kappa shape index (κ1) is 16.2. The van der Waals surface area contributed by atoms with E-state index in [1.165, 1.54) is 12.1 Å². The highest BCUT2D eigenvalue weighted by Gasteiger charge is 2.21. The van der Waals surface area contributed by atoms with Gasteiger partial charge in [0.1, 0.15) is 0 Å². The molecule has 0 amide bonds. The van der Waals surface area contributed by atoms with Crippen LogP contribution in [0.2, 0.25) is 5.02 Å². The van der Waals surface area contributed by atoms with E-state index >= 15 is 0 Å². The van der Waals surface area contributed by atoms with Crippen molar-refractivity contribution in [1.29, 1.82) is 0 Å². The summed E-state index contributed by atoms with van der Waals surface area (Å²) in [6, 6.07) is 3.63. The topological polar surface area (TPSA) is 92.7 Å². The van der Waals surface area contributed by atoms with E-state index in [1.54, 1.807) is 0 Å². The molecule has 6 nitrogen and oxygen atoms in total. The Balaban J connectivity index is 2.11. The van der Waals surface area contributed by atoms with Crippen LogP contribution in [0.15, 0.2) is 23.1 Å². The van der Waals surface area contributed by atoms with Crippen LogP contribution in [-0.2, 0) is 14.8 Å². The number of rotatable bonds is 5. The second-order valence-corrected chi connectivity index (χ2v) is 7.03. The molecule has 1 heterocycles. The van der Waals surface area contributed by atoms with Crippen LogP contribution in [0.4, 0.5) is 0 Å². The third-order valence-electron chi connectivity index (χ3n) is 3.38. The van der Waals surface area contributed by atoms with Gasteiger partial charge in [-0.05, 0) is 37.0 Å². The Hall–Kier alpha value is -1.15. The van der Waals surface area contributed by atoms with E-state index in [0.717, 1.165) is 18.9 Å². The maximum atomic E-state index is 12.2. The number of hydrogen-bond donors (Lipinski definition) is 2. The summed E-state index contributed by atoms with van der Waals surface area (Å²) >= 11 is 5.73. The van der Waals surface area contributed by atoms with Crippen molar-refractivity contribution in [1.82, 2.24) is 4.72 Å². The molecule has 1 aromatic rings. The molecule has 0 radical (unpaired) electrons. The standard InChI is InChI=1S/C13H16ClNO5S/c14-12-2-1-10(7-11(12)13(16)17)21(18,19)15-8-9-3-5-20-6-4-9/h1-2,7,9,15H,3-6,8H2,(H,16,17). The van der Waals surface area contributed by atoms with Crippen LogP contribution in [0.1, 0.15) is 23.2 Å². The van der Waals surface area contributed by atoms with Crippen molar-refractivity contribution in [3.8, 4) is 0 Å². The highest BCUT2D eigenvalue weighted by molar-refractivity contribution is 7.89. The lowest BCUT2D eigenvalue weighted by molar-refractivity contribution is 0.0677. The Bertz CT molecular complexity index is 625. The lowest BCUT2D eigenvalue weighted by Crippen LogP contribution is -2.32. The molecule has 0 aromatic heterocycles. The van der Waals surface area contributed by atoms with Gasteiger partial charge in [0.25, 0.3) is 0 Å². The van der Waals surface area contributed by atoms with Gasteiger partial charge >= 0.3 is 5.97 Å². The normalized spacial score (nSPS) is 16.8. The maximum Gasteiger partial charge on any atom is 0.337 e. The predicted molar refractivity (Wildman–Crippen MR) is 77.1 cm³/mol. The van der Waals surface area contributed by atoms with Crippen molar-refractivity contribution in [3.05, 3.63) is 28.8 Å². The zero-order chi connectivity index (χ0) is 15.5. The van der Waals surface area contributed by atoms with Crippen molar-refractivity contribution in [2.45, 2.75) is 17.7 Å². The number of aromatic carboxylic acids is 1. The van der Waals surface area contributed by atoms with Crippen LogP contribution in [0, 0.1) is 5.92 Å². The Morgan fingerprint density at radius 2 is 2.05 bits per heavy atom. The summed E-state index contributed by atoms with van der Waals surface area (Å²) in [4.78, 5) is 10.9. The van der Waals surface area contributed by atoms with Gasteiger partial charge in [0.05, 0.1) is 15.5 Å². The van der Waals surface area contributed by atoms with Gasteiger partial charge < -0.3 is 9.84 Å². The molecule has 0 saturated carbocycles. The summed E-state index contributed by atoms with van der Waals surface area (Å²) in [7, 11) is -3.75. The van der Waals surface area contributed by atoms with Crippen LogP contribution >= 0.6 is 11.6 Å². The minimum absolute atomic E-state index is 0.00544. The third-order valence-corrected chi connectivity index (χ3v) is 5.13. The first-order valence-corrected chi connectivity index (χ1v) is 8.36. The summed E-state index contributed by atoms with van der Waals surface area (Å²) in [5.41, 5.74) is -0.231. The fourth-order valence-corrected chi connectivity index (χ4v) is 3.44. The largest absolute Gasteiger partial charge is 0.478 e. The van der Waals surface area contributed by atoms with Gasteiger partial charge in [-0.3, -0.25) is 0 Å². The fraction of sp³-hybridized carbons (Fsp3) is 0.462. The Morgan fingerprint density at radius 1 is 1.38 bits per heavy atom. The van der Waals surface area contributed by atoms with Crippen molar-refractivity contribution in [2.24, 2.45) is 5.92 Å². The zero-order valence-electron chi connectivity index (χ0n) is 11.2. The number of nitrogens with one attached hydrogen (secondary N) is 1. The summed E-state index contributed by atoms with van der Waals surface area (Å²) in [6.07, 6.45) is 1.62. The van der Waals surface area contributed by atoms with Crippen LogP contribution < -0.4 is 4.72 Å². The molecule has 21 heavy (non-hydrogen) atoms. The number of sulfonamides is 1. The number of hydrogen-bond acceptors (Lipinski definition) is 4. The van der Waals surface area contributed by atoms with Gasteiger partial charge in [0.2, 0.25) is 10.0 Å². The van der Waals surface area contributed by atoms with E-state index in [4.69, 9.17) is 21.4 Å². The van der Waals surface area contributed by atoms with Crippen molar-refractivity contribution in [3.63, 3.8) is 0 Å². The molecule has 0 unspecified atom stereocenters. The summed E-state index contributed by atoms with van der Waals surface area (Å²) in [5, 5.41) is 8.98. The smallest absolute Gasteiger partial charge is 0.337 e. The third kappa shape index (κ3) is 4.16. The molecule has 0 aliphatic carbocycles. The first-order valence-electron chi connectivity index (χ1n) is 6.50. The Kier molecular flexibility index (Phi) is 5.21. The van der Waals surface area contributed by atoms with E-state index in [2.05, 4.69) is 4.72 Å². The predicted octanol–water partition coefficient (Wildman–Crippen LogP) is 1.74. The molecule has 1 fully saturated rings. The minimum atomic E-state index is -3.75. The lowest BCUT2D eigenvalue weighted by atomic mass is 10.0. The van der Waals surface area contributed by atoms with Gasteiger partial charge in [-0.1, -0.05) is 11.6 Å². The average Bonchev–Trinajstić information content (AvgIpc) is 2.46. The average molecular weight is 334 g/mol. The molecule has 8 heteroatoms. The second-order valence-electron chi connectivity index (χ2n) is 4.85. The van der Waals surface area contributed by atoms with Crippen molar-refractivity contribution >= 4 is 27.6 Å². The van der Waals surface area contributed by atoms with E-state index in [1.807, 2.05) is 0 Å². The van der Waals surface area contributed by atoms with E-state index < -0.39 is 16.0 Å². The monoisotopic (exact) mass is 333 g/mol. The first-order chi connectivity index (χ1) is 9.90. The van der Waals surface area contributed by atoms with Gasteiger partial charge in [0.15, 0.2) is 0 Å². The van der Waals surface area contributed by atoms with Gasteiger partial charge in [-0.15, -0.1) is 0 Å². The van der Waals surface area contributed by atoms with Crippen molar-refractivity contribution in [2.75, 3.05) is 19.8 Å². The molecule has 0 atom stereocenters. The molecular formula is C13H16ClNO5S. The number of carbonyl (C=O) groups is 1. The quantitative estimate of drug-likeness (QED) is 0.856. The number of halogens is 1. The molecule has 0 bridgehead atoms. The van der Waals surface area contributed by atoms with Gasteiger partial charge in [-0.2, -0.15) is 0 Å². The Morgan fingerprint density at radius 3 is 2.67 bits per heavy atom. The molecule has 0 spiro atoms. The zero-order valence-corrected chi connectivity index (χ0v) is 12.8. The van der Waals surface area contributed by atoms with Crippen LogP contribution in [0.25, 0.3) is 0 Å². The molecule has 2 rings (SSSR count). The van der Waals surface area contributed by atoms with Crippen molar-refractivity contribution < 1.29 is 23.1 Å². The fourth-order valence-electron chi connectivity index (χ4n) is 2.10. The number of benzene rings is 1. The molecular weight excluding hydrogens is 318 g/mol. The highest BCUT2D eigenvalue weighted by atomic mass is 35.5. The highest BCUT2D eigenvalue weighted by Crippen LogP contribution is 2.21. The van der Waals surface area contributed by atoms with E-state index in [-0.39, 0.29) is 21.4 Å². The lowest BCUT2D eigenvalue weighted by Gasteiger charge is -2.22. The summed E-state index contributed by atoms with van der Waals surface area (Å²) in [6.45, 7) is 1.59. The Labute approximate surface area is 128 Å².